The molecule has 0 fully saturated rings. The van der Waals surface area contributed by atoms with Crippen molar-refractivity contribution < 1.29 is 9.18 Å². The summed E-state index contributed by atoms with van der Waals surface area (Å²) < 4.78 is 13.1. The van der Waals surface area contributed by atoms with Crippen LogP contribution in [-0.4, -0.2) is 13.1 Å². The van der Waals surface area contributed by atoms with Crippen molar-refractivity contribution in [2.75, 3.05) is 11.9 Å². The molecule has 0 bridgehead atoms. The standard InChI is InChI=1S/C9H10ClFN2O/c1-5-3-6(10)8(4-7(5)11)13(2)9(12)14/h3-4H,1-2H3,(H2,12,14). The predicted molar refractivity (Wildman–Crippen MR) is 54.1 cm³/mol. The van der Waals surface area contributed by atoms with Crippen LogP contribution >= 0.6 is 11.6 Å². The summed E-state index contributed by atoms with van der Waals surface area (Å²) in [5.41, 5.74) is 5.72. The number of nitrogens with zero attached hydrogens (tertiary/aromatic N) is 1. The van der Waals surface area contributed by atoms with Gasteiger partial charge in [0, 0.05) is 7.05 Å². The summed E-state index contributed by atoms with van der Waals surface area (Å²) in [7, 11) is 1.43. The van der Waals surface area contributed by atoms with Crippen LogP contribution in [0.5, 0.6) is 0 Å². The Balaban J connectivity index is 3.22. The highest BCUT2D eigenvalue weighted by Gasteiger charge is 2.12. The Labute approximate surface area is 86.3 Å². The second-order valence-corrected chi connectivity index (χ2v) is 3.36. The summed E-state index contributed by atoms with van der Waals surface area (Å²) in [6, 6.07) is 1.95. The summed E-state index contributed by atoms with van der Waals surface area (Å²) in [6.07, 6.45) is 0. The number of carbonyl (C=O) groups is 1. The highest BCUT2D eigenvalue weighted by molar-refractivity contribution is 6.33. The molecule has 0 aliphatic rings. The number of halogens is 2. The molecule has 2 N–H and O–H groups in total. The van der Waals surface area contributed by atoms with E-state index in [-0.39, 0.29) is 5.69 Å². The van der Waals surface area contributed by atoms with Gasteiger partial charge in [0.15, 0.2) is 0 Å². The monoisotopic (exact) mass is 216 g/mol. The molecule has 0 heterocycles. The third kappa shape index (κ3) is 1.96. The second kappa shape index (κ2) is 3.84. The van der Waals surface area contributed by atoms with Gasteiger partial charge < -0.3 is 5.73 Å². The van der Waals surface area contributed by atoms with Crippen molar-refractivity contribution in [3.8, 4) is 0 Å². The van der Waals surface area contributed by atoms with Gasteiger partial charge in [-0.1, -0.05) is 11.6 Å². The van der Waals surface area contributed by atoms with Crippen molar-refractivity contribution in [2.24, 2.45) is 5.73 Å². The van der Waals surface area contributed by atoms with Crippen LogP contribution < -0.4 is 10.6 Å². The van der Waals surface area contributed by atoms with Gasteiger partial charge in [-0.05, 0) is 24.6 Å². The van der Waals surface area contributed by atoms with Gasteiger partial charge in [0.2, 0.25) is 0 Å². The molecule has 1 aromatic carbocycles. The lowest BCUT2D eigenvalue weighted by molar-refractivity contribution is 0.255. The molecule has 0 aromatic heterocycles. The first-order valence-corrected chi connectivity index (χ1v) is 4.30. The van der Waals surface area contributed by atoms with Crippen molar-refractivity contribution in [3.63, 3.8) is 0 Å². The largest absolute Gasteiger partial charge is 0.351 e. The second-order valence-electron chi connectivity index (χ2n) is 2.95. The molecule has 2 amide bonds. The van der Waals surface area contributed by atoms with Crippen LogP contribution in [0.2, 0.25) is 5.02 Å². The fourth-order valence-electron chi connectivity index (χ4n) is 1.01. The van der Waals surface area contributed by atoms with Crippen LogP contribution in [0.1, 0.15) is 5.56 Å². The number of rotatable bonds is 1. The minimum atomic E-state index is -0.685. The zero-order valence-corrected chi connectivity index (χ0v) is 8.60. The van der Waals surface area contributed by atoms with E-state index in [9.17, 15) is 9.18 Å². The highest BCUT2D eigenvalue weighted by Crippen LogP contribution is 2.27. The fraction of sp³-hybridized carbons (Fsp3) is 0.222. The molecule has 0 aliphatic carbocycles. The molecule has 0 radical (unpaired) electrons. The van der Waals surface area contributed by atoms with Gasteiger partial charge in [0.1, 0.15) is 5.82 Å². The van der Waals surface area contributed by atoms with Crippen molar-refractivity contribution in [1.29, 1.82) is 0 Å². The maximum Gasteiger partial charge on any atom is 0.319 e. The first kappa shape index (κ1) is 10.8. The zero-order valence-electron chi connectivity index (χ0n) is 7.84. The zero-order chi connectivity index (χ0) is 10.9. The Morgan fingerprint density at radius 1 is 1.57 bits per heavy atom. The number of primary amides is 1. The highest BCUT2D eigenvalue weighted by atomic mass is 35.5. The number of urea groups is 1. The summed E-state index contributed by atoms with van der Waals surface area (Å²) in [4.78, 5) is 11.9. The Morgan fingerprint density at radius 3 is 2.64 bits per heavy atom. The summed E-state index contributed by atoms with van der Waals surface area (Å²) in [6.45, 7) is 1.59. The molecule has 0 unspecified atom stereocenters. The normalized spacial score (nSPS) is 10.0. The number of aryl methyl sites for hydroxylation is 1. The minimum absolute atomic E-state index is 0.266. The van der Waals surface area contributed by atoms with Gasteiger partial charge in [-0.2, -0.15) is 0 Å². The fourth-order valence-corrected chi connectivity index (χ4v) is 1.36. The van der Waals surface area contributed by atoms with E-state index in [2.05, 4.69) is 0 Å². The molecule has 0 aliphatic heterocycles. The Bertz CT molecular complexity index is 381. The third-order valence-electron chi connectivity index (χ3n) is 1.92. The lowest BCUT2D eigenvalue weighted by atomic mass is 10.2. The minimum Gasteiger partial charge on any atom is -0.351 e. The first-order chi connectivity index (χ1) is 6.43. The van der Waals surface area contributed by atoms with Crippen molar-refractivity contribution in [2.45, 2.75) is 6.92 Å². The van der Waals surface area contributed by atoms with Crippen molar-refractivity contribution >= 4 is 23.3 Å². The van der Waals surface area contributed by atoms with Crippen LogP contribution in [0, 0.1) is 12.7 Å². The number of hydrogen-bond acceptors (Lipinski definition) is 1. The average Bonchev–Trinajstić information content (AvgIpc) is 2.10. The Hall–Kier alpha value is -1.29. The topological polar surface area (TPSA) is 46.3 Å². The van der Waals surface area contributed by atoms with Gasteiger partial charge in [0.05, 0.1) is 10.7 Å². The average molecular weight is 217 g/mol. The van der Waals surface area contributed by atoms with E-state index in [1.807, 2.05) is 0 Å². The maximum absolute atomic E-state index is 13.1. The summed E-state index contributed by atoms with van der Waals surface area (Å²) in [5, 5.41) is 0.296. The predicted octanol–water partition coefficient (Wildman–Crippen LogP) is 2.30. The molecule has 5 heteroatoms. The molecule has 0 spiro atoms. The molecule has 1 aromatic rings. The van der Waals surface area contributed by atoms with E-state index in [4.69, 9.17) is 17.3 Å². The molecule has 0 atom stereocenters. The van der Waals surface area contributed by atoms with Crippen LogP contribution in [0.15, 0.2) is 12.1 Å². The molecule has 1 rings (SSSR count). The van der Waals surface area contributed by atoms with Gasteiger partial charge in [-0.25, -0.2) is 9.18 Å². The van der Waals surface area contributed by atoms with Crippen molar-refractivity contribution in [1.82, 2.24) is 0 Å². The number of carbonyl (C=O) groups excluding carboxylic acids is 1. The molecular weight excluding hydrogens is 207 g/mol. The number of hydrogen-bond donors (Lipinski definition) is 1. The molecule has 3 nitrogen and oxygen atoms in total. The molecule has 0 saturated heterocycles. The van der Waals surface area contributed by atoms with E-state index >= 15 is 0 Å². The quantitative estimate of drug-likeness (QED) is 0.769. The van der Waals surface area contributed by atoms with Crippen LogP contribution in [0.3, 0.4) is 0 Å². The molecular formula is C9H10ClFN2O. The Kier molecular flexibility index (Phi) is 2.96. The van der Waals surface area contributed by atoms with Gasteiger partial charge >= 0.3 is 6.03 Å². The summed E-state index contributed by atoms with van der Waals surface area (Å²) in [5.74, 6) is -0.419. The van der Waals surface area contributed by atoms with E-state index in [0.29, 0.717) is 10.6 Å². The Morgan fingerprint density at radius 2 is 2.14 bits per heavy atom. The van der Waals surface area contributed by atoms with E-state index in [0.717, 1.165) is 4.90 Å². The van der Waals surface area contributed by atoms with Gasteiger partial charge in [0.25, 0.3) is 0 Å². The lowest BCUT2D eigenvalue weighted by Gasteiger charge is -2.16. The number of benzene rings is 1. The number of amides is 2. The van der Waals surface area contributed by atoms with Crippen LogP contribution in [-0.2, 0) is 0 Å². The van der Waals surface area contributed by atoms with E-state index in [1.165, 1.54) is 19.2 Å². The van der Waals surface area contributed by atoms with Gasteiger partial charge in [-0.15, -0.1) is 0 Å². The number of anilines is 1. The van der Waals surface area contributed by atoms with E-state index < -0.39 is 11.8 Å². The lowest BCUT2D eigenvalue weighted by Crippen LogP contribution is -2.32. The van der Waals surface area contributed by atoms with E-state index in [1.54, 1.807) is 6.92 Å². The number of nitrogens with two attached hydrogens (primary N) is 1. The molecule has 76 valence electrons. The summed E-state index contributed by atoms with van der Waals surface area (Å²) >= 11 is 5.82. The van der Waals surface area contributed by atoms with Crippen LogP contribution in [0.4, 0.5) is 14.9 Å². The SMILES string of the molecule is Cc1cc(Cl)c(N(C)C(N)=O)cc1F. The van der Waals surface area contributed by atoms with Gasteiger partial charge in [-0.3, -0.25) is 4.90 Å². The third-order valence-corrected chi connectivity index (χ3v) is 2.22. The maximum atomic E-state index is 13.1. The van der Waals surface area contributed by atoms with Crippen LogP contribution in [0.25, 0.3) is 0 Å². The first-order valence-electron chi connectivity index (χ1n) is 3.92. The molecule has 0 saturated carbocycles. The molecule has 14 heavy (non-hydrogen) atoms. The smallest absolute Gasteiger partial charge is 0.319 e. The van der Waals surface area contributed by atoms with Crippen molar-refractivity contribution in [3.05, 3.63) is 28.5 Å².